The van der Waals surface area contributed by atoms with Gasteiger partial charge >= 0.3 is 0 Å². The van der Waals surface area contributed by atoms with Gasteiger partial charge in [0.25, 0.3) is 0 Å². The molecule has 2 aliphatic rings. The molecule has 1 saturated heterocycles. The molecule has 1 fully saturated rings. The van der Waals surface area contributed by atoms with Crippen LogP contribution in [-0.2, 0) is 18.4 Å². The van der Waals surface area contributed by atoms with E-state index in [0.717, 1.165) is 37.5 Å². The van der Waals surface area contributed by atoms with E-state index in [4.69, 9.17) is 9.51 Å². The molecule has 4 nitrogen and oxygen atoms in total. The van der Waals surface area contributed by atoms with Crippen LogP contribution >= 0.6 is 0 Å². The van der Waals surface area contributed by atoms with Gasteiger partial charge < -0.3 is 9.84 Å². The summed E-state index contributed by atoms with van der Waals surface area (Å²) in [4.78, 5) is 4.73. The third-order valence-corrected chi connectivity index (χ3v) is 4.95. The molecule has 0 bridgehead atoms. The minimum atomic E-state index is -0.144. The fourth-order valence-corrected chi connectivity index (χ4v) is 3.60. The van der Waals surface area contributed by atoms with Crippen molar-refractivity contribution in [2.24, 2.45) is 0 Å². The second-order valence-corrected chi connectivity index (χ2v) is 6.55. The Kier molecular flexibility index (Phi) is 3.07. The second kappa shape index (κ2) is 4.95. The minimum absolute atomic E-state index is 0.144. The van der Waals surface area contributed by atoms with Gasteiger partial charge in [-0.1, -0.05) is 29.4 Å². The van der Waals surface area contributed by atoms with Crippen molar-refractivity contribution in [1.82, 2.24) is 15.5 Å². The Labute approximate surface area is 124 Å². The molecule has 21 heavy (non-hydrogen) atoms. The van der Waals surface area contributed by atoms with E-state index in [2.05, 4.69) is 41.7 Å². The number of aromatic nitrogens is 2. The molecule has 2 aromatic rings. The fraction of sp³-hybridized carbons (Fsp3) is 0.529. The van der Waals surface area contributed by atoms with Gasteiger partial charge in [-0.15, -0.1) is 0 Å². The van der Waals surface area contributed by atoms with Crippen molar-refractivity contribution in [1.29, 1.82) is 0 Å². The van der Waals surface area contributed by atoms with Crippen LogP contribution in [0.25, 0.3) is 0 Å². The predicted molar refractivity (Wildman–Crippen MR) is 80.1 cm³/mol. The molecule has 0 spiro atoms. The number of nitrogens with one attached hydrogen (secondary N) is 1. The van der Waals surface area contributed by atoms with Crippen LogP contribution in [0.15, 0.2) is 28.8 Å². The SMILES string of the molecule is CC1(c2nc(C3Cc4ccccc4C3)no2)CCCCN1. The monoisotopic (exact) mass is 283 g/mol. The third kappa shape index (κ3) is 2.27. The Bertz CT molecular complexity index is 618. The molecule has 2 heterocycles. The van der Waals surface area contributed by atoms with Crippen molar-refractivity contribution in [2.45, 2.75) is 50.5 Å². The zero-order chi connectivity index (χ0) is 14.3. The molecule has 1 aliphatic heterocycles. The van der Waals surface area contributed by atoms with Crippen LogP contribution in [-0.4, -0.2) is 16.7 Å². The smallest absolute Gasteiger partial charge is 0.246 e. The first kappa shape index (κ1) is 13.0. The highest BCUT2D eigenvalue weighted by Crippen LogP contribution is 2.34. The molecule has 0 radical (unpaired) electrons. The summed E-state index contributed by atoms with van der Waals surface area (Å²) < 4.78 is 5.59. The summed E-state index contributed by atoms with van der Waals surface area (Å²) in [7, 11) is 0. The van der Waals surface area contributed by atoms with Crippen molar-refractivity contribution in [3.05, 3.63) is 47.1 Å². The molecule has 1 unspecified atom stereocenters. The highest BCUT2D eigenvalue weighted by molar-refractivity contribution is 5.34. The Balaban J connectivity index is 1.56. The Morgan fingerprint density at radius 3 is 2.62 bits per heavy atom. The standard InChI is InChI=1S/C17H21N3O/c1-17(8-4-5-9-18-17)16-19-15(20-21-16)14-10-12-6-2-3-7-13(12)11-14/h2-3,6-7,14,18H,4-5,8-11H2,1H3. The molecule has 0 saturated carbocycles. The van der Waals surface area contributed by atoms with E-state index in [1.165, 1.54) is 24.0 Å². The first-order valence-electron chi connectivity index (χ1n) is 7.90. The maximum atomic E-state index is 5.59. The molecule has 1 aromatic carbocycles. The highest BCUT2D eigenvalue weighted by atomic mass is 16.5. The summed E-state index contributed by atoms with van der Waals surface area (Å²) in [6, 6.07) is 8.63. The maximum Gasteiger partial charge on any atom is 0.246 e. The van der Waals surface area contributed by atoms with Crippen LogP contribution in [0.5, 0.6) is 0 Å². The largest absolute Gasteiger partial charge is 0.337 e. The lowest BCUT2D eigenvalue weighted by Crippen LogP contribution is -2.43. The van der Waals surface area contributed by atoms with E-state index >= 15 is 0 Å². The van der Waals surface area contributed by atoms with Gasteiger partial charge in [0.15, 0.2) is 5.82 Å². The number of nitrogens with zero attached hydrogens (tertiary/aromatic N) is 2. The normalized spacial score (nSPS) is 26.0. The van der Waals surface area contributed by atoms with Crippen LogP contribution < -0.4 is 5.32 Å². The zero-order valence-corrected chi connectivity index (χ0v) is 12.4. The van der Waals surface area contributed by atoms with Gasteiger partial charge in [0.1, 0.15) is 0 Å². The van der Waals surface area contributed by atoms with Crippen LogP contribution in [0.2, 0.25) is 0 Å². The van der Waals surface area contributed by atoms with Gasteiger partial charge in [0.05, 0.1) is 5.54 Å². The third-order valence-electron chi connectivity index (χ3n) is 4.95. The first-order chi connectivity index (χ1) is 10.2. The molecule has 4 heteroatoms. The van der Waals surface area contributed by atoms with Gasteiger partial charge in [-0.3, -0.25) is 0 Å². The summed E-state index contributed by atoms with van der Waals surface area (Å²) in [6.07, 6.45) is 5.57. The molecular formula is C17H21N3O. The number of piperidine rings is 1. The van der Waals surface area contributed by atoms with Crippen LogP contribution in [0.3, 0.4) is 0 Å². The van der Waals surface area contributed by atoms with Crippen molar-refractivity contribution in [3.8, 4) is 0 Å². The van der Waals surface area contributed by atoms with Gasteiger partial charge in [-0.25, -0.2) is 0 Å². The number of fused-ring (bicyclic) bond motifs is 1. The van der Waals surface area contributed by atoms with E-state index < -0.39 is 0 Å². The number of hydrogen-bond acceptors (Lipinski definition) is 4. The Morgan fingerprint density at radius 1 is 1.19 bits per heavy atom. The summed E-state index contributed by atoms with van der Waals surface area (Å²) in [6.45, 7) is 3.20. The Morgan fingerprint density at radius 2 is 1.95 bits per heavy atom. The lowest BCUT2D eigenvalue weighted by Gasteiger charge is -2.31. The van der Waals surface area contributed by atoms with E-state index in [0.29, 0.717) is 5.92 Å². The summed E-state index contributed by atoms with van der Waals surface area (Å²) >= 11 is 0. The molecule has 1 atom stereocenters. The van der Waals surface area contributed by atoms with Gasteiger partial charge in [0, 0.05) is 5.92 Å². The lowest BCUT2D eigenvalue weighted by atomic mass is 9.91. The van der Waals surface area contributed by atoms with Crippen LogP contribution in [0.4, 0.5) is 0 Å². The highest BCUT2D eigenvalue weighted by Gasteiger charge is 2.35. The van der Waals surface area contributed by atoms with Gasteiger partial charge in [-0.05, 0) is 56.7 Å². The summed E-state index contributed by atoms with van der Waals surface area (Å²) in [5, 5.41) is 7.81. The molecule has 0 amide bonds. The van der Waals surface area contributed by atoms with Crippen LogP contribution in [0, 0.1) is 0 Å². The van der Waals surface area contributed by atoms with Crippen molar-refractivity contribution in [3.63, 3.8) is 0 Å². The molecule has 1 aliphatic carbocycles. The molecular weight excluding hydrogens is 262 g/mol. The second-order valence-electron chi connectivity index (χ2n) is 6.55. The van der Waals surface area contributed by atoms with Crippen LogP contribution in [0.1, 0.15) is 54.9 Å². The summed E-state index contributed by atoms with van der Waals surface area (Å²) in [5.74, 6) is 2.00. The van der Waals surface area contributed by atoms with E-state index in [1.807, 2.05) is 0 Å². The first-order valence-corrected chi connectivity index (χ1v) is 7.90. The number of rotatable bonds is 2. The van der Waals surface area contributed by atoms with Crippen molar-refractivity contribution >= 4 is 0 Å². The quantitative estimate of drug-likeness (QED) is 0.920. The van der Waals surface area contributed by atoms with Crippen molar-refractivity contribution in [2.75, 3.05) is 6.54 Å². The van der Waals surface area contributed by atoms with Gasteiger partial charge in [0.2, 0.25) is 5.89 Å². The maximum absolute atomic E-state index is 5.59. The molecule has 4 rings (SSSR count). The molecule has 1 aromatic heterocycles. The zero-order valence-electron chi connectivity index (χ0n) is 12.4. The average molecular weight is 283 g/mol. The van der Waals surface area contributed by atoms with Gasteiger partial charge in [-0.2, -0.15) is 4.98 Å². The summed E-state index contributed by atoms with van der Waals surface area (Å²) in [5.41, 5.74) is 2.71. The van der Waals surface area contributed by atoms with E-state index in [1.54, 1.807) is 0 Å². The molecule has 110 valence electrons. The topological polar surface area (TPSA) is 51.0 Å². The van der Waals surface area contributed by atoms with E-state index in [9.17, 15) is 0 Å². The number of hydrogen-bond donors (Lipinski definition) is 1. The lowest BCUT2D eigenvalue weighted by molar-refractivity contribution is 0.206. The average Bonchev–Trinajstić information content (AvgIpc) is 3.15. The minimum Gasteiger partial charge on any atom is -0.337 e. The van der Waals surface area contributed by atoms with E-state index in [-0.39, 0.29) is 5.54 Å². The fourth-order valence-electron chi connectivity index (χ4n) is 3.60. The van der Waals surface area contributed by atoms with Crippen molar-refractivity contribution < 1.29 is 4.52 Å². The number of benzene rings is 1. The predicted octanol–water partition coefficient (Wildman–Crippen LogP) is 2.94. The Hall–Kier alpha value is -1.68. The molecule has 1 N–H and O–H groups in total.